The molecule has 2 fully saturated rings. The molecule has 3 heteroatoms. The zero-order valence-electron chi connectivity index (χ0n) is 12.5. The molecule has 3 nitrogen and oxygen atoms in total. The van der Waals surface area contributed by atoms with E-state index >= 15 is 0 Å². The summed E-state index contributed by atoms with van der Waals surface area (Å²) in [5.41, 5.74) is 1.28. The predicted molar refractivity (Wildman–Crippen MR) is 82.0 cm³/mol. The van der Waals surface area contributed by atoms with Crippen LogP contribution in [0.25, 0.3) is 0 Å². The molecule has 5 atom stereocenters. The van der Waals surface area contributed by atoms with Crippen LogP contribution in [0.2, 0.25) is 0 Å². The van der Waals surface area contributed by atoms with E-state index in [4.69, 9.17) is 4.74 Å². The molecule has 116 valence electrons. The van der Waals surface area contributed by atoms with Gasteiger partial charge in [0.1, 0.15) is 0 Å². The second kappa shape index (κ2) is 6.91. The van der Waals surface area contributed by atoms with Gasteiger partial charge < -0.3 is 14.9 Å². The molecule has 2 aliphatic rings. The van der Waals surface area contributed by atoms with Gasteiger partial charge in [-0.05, 0) is 49.5 Å². The molecule has 0 spiro atoms. The summed E-state index contributed by atoms with van der Waals surface area (Å²) in [6, 6.07) is 10.3. The summed E-state index contributed by atoms with van der Waals surface area (Å²) in [7, 11) is 0. The van der Waals surface area contributed by atoms with Crippen molar-refractivity contribution in [3.8, 4) is 0 Å². The van der Waals surface area contributed by atoms with Crippen molar-refractivity contribution in [2.45, 2.75) is 56.8 Å². The highest BCUT2D eigenvalue weighted by molar-refractivity contribution is 5.14. The molecule has 0 radical (unpaired) electrons. The number of aryl methyl sites for hydroxylation is 1. The van der Waals surface area contributed by atoms with Crippen molar-refractivity contribution in [2.24, 2.45) is 11.8 Å². The fraction of sp³-hybridized carbons (Fsp3) is 0.667. The Labute approximate surface area is 127 Å². The molecule has 1 aliphatic heterocycles. The standard InChI is InChI=1S/C18H26O3/c19-14(7-6-13-4-2-1-3-5-13)8-9-15-16-10-11-21-18(16)12-17(15)20/h1-5,14-20H,6-12H2. The van der Waals surface area contributed by atoms with Crippen molar-refractivity contribution in [1.82, 2.24) is 0 Å². The van der Waals surface area contributed by atoms with Gasteiger partial charge in [0.05, 0.1) is 18.3 Å². The number of hydrogen-bond acceptors (Lipinski definition) is 3. The second-order valence-corrected chi connectivity index (χ2v) is 6.58. The van der Waals surface area contributed by atoms with E-state index < -0.39 is 0 Å². The van der Waals surface area contributed by atoms with E-state index in [1.165, 1.54) is 5.56 Å². The Morgan fingerprint density at radius 1 is 1.19 bits per heavy atom. The summed E-state index contributed by atoms with van der Waals surface area (Å²) < 4.78 is 5.67. The molecule has 0 bridgehead atoms. The van der Waals surface area contributed by atoms with E-state index in [0.717, 1.165) is 45.1 Å². The monoisotopic (exact) mass is 290 g/mol. The van der Waals surface area contributed by atoms with Gasteiger partial charge in [-0.15, -0.1) is 0 Å². The zero-order chi connectivity index (χ0) is 14.7. The van der Waals surface area contributed by atoms with Crippen molar-refractivity contribution in [1.29, 1.82) is 0 Å². The van der Waals surface area contributed by atoms with Gasteiger partial charge in [-0.3, -0.25) is 0 Å². The first-order chi connectivity index (χ1) is 10.2. The average molecular weight is 290 g/mol. The maximum absolute atomic E-state index is 10.2. The molecule has 1 saturated heterocycles. The van der Waals surface area contributed by atoms with Crippen LogP contribution in [0.3, 0.4) is 0 Å². The summed E-state index contributed by atoms with van der Waals surface area (Å²) >= 11 is 0. The topological polar surface area (TPSA) is 49.7 Å². The summed E-state index contributed by atoms with van der Waals surface area (Å²) in [5.74, 6) is 0.838. The first kappa shape index (κ1) is 15.0. The molecule has 1 saturated carbocycles. The molecule has 1 aliphatic carbocycles. The molecule has 1 aromatic carbocycles. The third-order valence-electron chi connectivity index (χ3n) is 5.22. The molecular weight excluding hydrogens is 264 g/mol. The summed E-state index contributed by atoms with van der Waals surface area (Å²) in [4.78, 5) is 0. The van der Waals surface area contributed by atoms with Gasteiger partial charge in [0.15, 0.2) is 0 Å². The van der Waals surface area contributed by atoms with Crippen molar-refractivity contribution in [3.63, 3.8) is 0 Å². The molecule has 1 heterocycles. The van der Waals surface area contributed by atoms with E-state index in [2.05, 4.69) is 12.1 Å². The molecular formula is C18H26O3. The highest BCUT2D eigenvalue weighted by atomic mass is 16.5. The number of aliphatic hydroxyl groups excluding tert-OH is 2. The van der Waals surface area contributed by atoms with E-state index in [1.54, 1.807) is 0 Å². The number of aliphatic hydroxyl groups is 2. The second-order valence-electron chi connectivity index (χ2n) is 6.58. The van der Waals surface area contributed by atoms with E-state index in [1.807, 2.05) is 18.2 Å². The van der Waals surface area contributed by atoms with Crippen LogP contribution in [0.5, 0.6) is 0 Å². The van der Waals surface area contributed by atoms with Gasteiger partial charge in [-0.1, -0.05) is 30.3 Å². The van der Waals surface area contributed by atoms with E-state index in [0.29, 0.717) is 11.8 Å². The van der Waals surface area contributed by atoms with Gasteiger partial charge in [0, 0.05) is 13.0 Å². The zero-order valence-corrected chi connectivity index (χ0v) is 12.5. The Morgan fingerprint density at radius 2 is 2.00 bits per heavy atom. The molecule has 5 unspecified atom stereocenters. The van der Waals surface area contributed by atoms with Gasteiger partial charge in [-0.25, -0.2) is 0 Å². The highest BCUT2D eigenvalue weighted by Crippen LogP contribution is 2.43. The lowest BCUT2D eigenvalue weighted by Gasteiger charge is -2.21. The number of benzene rings is 1. The number of rotatable bonds is 6. The maximum Gasteiger partial charge on any atom is 0.0632 e. The van der Waals surface area contributed by atoms with Crippen LogP contribution in [-0.2, 0) is 11.2 Å². The molecule has 0 aromatic heterocycles. The molecule has 3 rings (SSSR count). The van der Waals surface area contributed by atoms with E-state index in [9.17, 15) is 10.2 Å². The minimum Gasteiger partial charge on any atom is -0.393 e. The van der Waals surface area contributed by atoms with Crippen molar-refractivity contribution >= 4 is 0 Å². The lowest BCUT2D eigenvalue weighted by Crippen LogP contribution is -2.22. The van der Waals surface area contributed by atoms with Gasteiger partial charge in [0.2, 0.25) is 0 Å². The number of fused-ring (bicyclic) bond motifs is 1. The first-order valence-corrected chi connectivity index (χ1v) is 8.25. The number of ether oxygens (including phenoxy) is 1. The Morgan fingerprint density at radius 3 is 2.81 bits per heavy atom. The van der Waals surface area contributed by atoms with Gasteiger partial charge >= 0.3 is 0 Å². The van der Waals surface area contributed by atoms with Crippen LogP contribution in [0.1, 0.15) is 37.7 Å². The average Bonchev–Trinajstić information content (AvgIpc) is 3.05. The highest BCUT2D eigenvalue weighted by Gasteiger charge is 2.45. The Hall–Kier alpha value is -0.900. The lowest BCUT2D eigenvalue weighted by atomic mass is 9.87. The van der Waals surface area contributed by atoms with Gasteiger partial charge in [-0.2, -0.15) is 0 Å². The predicted octanol–water partition coefficient (Wildman–Crippen LogP) is 2.55. The van der Waals surface area contributed by atoms with E-state index in [-0.39, 0.29) is 18.3 Å². The maximum atomic E-state index is 10.2. The quantitative estimate of drug-likeness (QED) is 0.846. The van der Waals surface area contributed by atoms with Crippen LogP contribution in [-0.4, -0.2) is 35.1 Å². The lowest BCUT2D eigenvalue weighted by molar-refractivity contribution is 0.0737. The third-order valence-corrected chi connectivity index (χ3v) is 5.22. The third kappa shape index (κ3) is 3.65. The molecule has 0 amide bonds. The number of hydrogen-bond donors (Lipinski definition) is 2. The van der Waals surface area contributed by atoms with Crippen molar-refractivity contribution < 1.29 is 14.9 Å². The fourth-order valence-electron chi connectivity index (χ4n) is 4.01. The molecule has 1 aromatic rings. The summed E-state index contributed by atoms with van der Waals surface area (Å²) in [5, 5.41) is 20.3. The minimum absolute atomic E-state index is 0.235. The minimum atomic E-state index is -0.265. The first-order valence-electron chi connectivity index (χ1n) is 8.25. The molecule has 21 heavy (non-hydrogen) atoms. The van der Waals surface area contributed by atoms with Crippen LogP contribution >= 0.6 is 0 Å². The Bertz CT molecular complexity index is 433. The summed E-state index contributed by atoms with van der Waals surface area (Å²) in [6.45, 7) is 0.842. The van der Waals surface area contributed by atoms with Crippen LogP contribution in [0.4, 0.5) is 0 Å². The van der Waals surface area contributed by atoms with Crippen LogP contribution < -0.4 is 0 Å². The van der Waals surface area contributed by atoms with Crippen LogP contribution in [0.15, 0.2) is 30.3 Å². The van der Waals surface area contributed by atoms with Gasteiger partial charge in [0.25, 0.3) is 0 Å². The van der Waals surface area contributed by atoms with Crippen molar-refractivity contribution in [3.05, 3.63) is 35.9 Å². The SMILES string of the molecule is OC(CCc1ccccc1)CCC1C(O)CC2OCCC21. The molecule has 2 N–H and O–H groups in total. The van der Waals surface area contributed by atoms with Crippen LogP contribution in [0, 0.1) is 11.8 Å². The largest absolute Gasteiger partial charge is 0.393 e. The Kier molecular flexibility index (Phi) is 4.94. The Balaban J connectivity index is 1.42. The summed E-state index contributed by atoms with van der Waals surface area (Å²) in [6.07, 6.45) is 5.07. The van der Waals surface area contributed by atoms with Crippen molar-refractivity contribution in [2.75, 3.05) is 6.61 Å². The normalized spacial score (nSPS) is 33.0. The smallest absolute Gasteiger partial charge is 0.0632 e. The fourth-order valence-corrected chi connectivity index (χ4v) is 4.01.